The molecule has 130 valence electrons. The van der Waals surface area contributed by atoms with Crippen LogP contribution in [0.4, 0.5) is 0 Å². The van der Waals surface area contributed by atoms with Crippen molar-refractivity contribution < 1.29 is 10.0 Å². The van der Waals surface area contributed by atoms with E-state index in [0.29, 0.717) is 6.42 Å². The average molecular weight is 353 g/mol. The number of amides is 1. The van der Waals surface area contributed by atoms with Crippen molar-refractivity contribution >= 4 is 17.7 Å². The molecule has 0 bridgehead atoms. The van der Waals surface area contributed by atoms with Crippen LogP contribution in [0.1, 0.15) is 36.5 Å². The predicted molar refractivity (Wildman–Crippen MR) is 104 cm³/mol. The van der Waals surface area contributed by atoms with Crippen molar-refractivity contribution in [2.24, 2.45) is 0 Å². The van der Waals surface area contributed by atoms with E-state index in [9.17, 15) is 4.79 Å². The molecule has 0 aromatic heterocycles. The van der Waals surface area contributed by atoms with E-state index >= 15 is 0 Å². The number of carbonyl (C=O) groups excluding carboxylic acids is 1. The van der Waals surface area contributed by atoms with Gasteiger partial charge < -0.3 is 0 Å². The second kappa shape index (κ2) is 9.31. The van der Waals surface area contributed by atoms with E-state index in [1.165, 1.54) is 17.3 Å². The lowest BCUT2D eigenvalue weighted by molar-refractivity contribution is -0.131. The van der Waals surface area contributed by atoms with Gasteiger partial charge >= 0.3 is 0 Å². The second-order valence-corrected chi connectivity index (χ2v) is 7.35. The number of hydrogen-bond donors (Lipinski definition) is 2. The molecule has 1 unspecified atom stereocenters. The van der Waals surface area contributed by atoms with Gasteiger partial charge in [0.15, 0.2) is 0 Å². The molecule has 3 nitrogen and oxygen atoms in total. The normalized spacial score (nSPS) is 12.6. The van der Waals surface area contributed by atoms with Gasteiger partial charge in [0.05, 0.1) is 4.75 Å². The lowest BCUT2D eigenvalue weighted by Crippen LogP contribution is -2.40. The lowest BCUT2D eigenvalue weighted by atomic mass is 9.99. The van der Waals surface area contributed by atoms with Gasteiger partial charge in [-0.1, -0.05) is 42.2 Å². The van der Waals surface area contributed by atoms with Gasteiger partial charge in [-0.15, -0.1) is 11.8 Å². The number of nitrogens with one attached hydrogen (secondary N) is 1. The molecule has 0 aliphatic rings. The third-order valence-corrected chi connectivity index (χ3v) is 5.52. The Labute approximate surface area is 153 Å². The van der Waals surface area contributed by atoms with E-state index < -0.39 is 4.75 Å². The minimum Gasteiger partial charge on any atom is -0.289 e. The maximum atomic E-state index is 11.7. The molecule has 25 heavy (non-hydrogen) atoms. The molecule has 0 fully saturated rings. The van der Waals surface area contributed by atoms with Crippen LogP contribution in [-0.4, -0.2) is 22.1 Å². The van der Waals surface area contributed by atoms with Crippen LogP contribution in [0.2, 0.25) is 0 Å². The molecule has 2 rings (SSSR count). The molecule has 0 spiro atoms. The molecular formula is C21H23NO2S. The molecule has 2 N–H and O–H groups in total. The van der Waals surface area contributed by atoms with Crippen molar-refractivity contribution in [3.8, 4) is 11.8 Å². The topological polar surface area (TPSA) is 49.3 Å². The van der Waals surface area contributed by atoms with Crippen LogP contribution in [-0.2, 0) is 11.2 Å². The zero-order valence-electron chi connectivity index (χ0n) is 14.6. The Kier molecular flexibility index (Phi) is 7.12. The quantitative estimate of drug-likeness (QED) is 0.468. The third-order valence-electron chi connectivity index (χ3n) is 4.23. The molecule has 0 saturated heterocycles. The SMILES string of the molecule is CSC(C)(CCCc1ccc(C#Cc2ccccc2)cc1)C(=O)NO. The summed E-state index contributed by atoms with van der Waals surface area (Å²) >= 11 is 1.46. The fourth-order valence-electron chi connectivity index (χ4n) is 2.48. The van der Waals surface area contributed by atoms with Gasteiger partial charge in [-0.05, 0) is 62.3 Å². The standard InChI is InChI=1S/C21H23NO2S/c1-21(25-2,20(23)22-24)16-6-9-18-11-14-19(15-12-18)13-10-17-7-4-3-5-8-17/h3-5,7-8,11-12,14-15,24H,6,9,16H2,1-2H3,(H,22,23). The molecule has 2 aromatic carbocycles. The fraction of sp³-hybridized carbons (Fsp3) is 0.286. The summed E-state index contributed by atoms with van der Waals surface area (Å²) in [5.41, 5.74) is 4.98. The second-order valence-electron chi connectivity index (χ2n) is 6.04. The maximum absolute atomic E-state index is 11.7. The van der Waals surface area contributed by atoms with Gasteiger partial charge in [0.25, 0.3) is 5.91 Å². The summed E-state index contributed by atoms with van der Waals surface area (Å²) in [5, 5.41) is 8.86. The van der Waals surface area contributed by atoms with Gasteiger partial charge in [0, 0.05) is 11.1 Å². The van der Waals surface area contributed by atoms with Gasteiger partial charge in [-0.2, -0.15) is 0 Å². The number of carbonyl (C=O) groups is 1. The molecule has 0 radical (unpaired) electrons. The first kappa shape index (κ1) is 19.1. The number of benzene rings is 2. The smallest absolute Gasteiger partial charge is 0.259 e. The number of rotatable bonds is 6. The number of hydrogen-bond acceptors (Lipinski definition) is 3. The molecule has 0 saturated carbocycles. The highest BCUT2D eigenvalue weighted by atomic mass is 32.2. The van der Waals surface area contributed by atoms with Crippen molar-refractivity contribution in [1.82, 2.24) is 5.48 Å². The minimum absolute atomic E-state index is 0.341. The fourth-order valence-corrected chi connectivity index (χ4v) is 3.06. The summed E-state index contributed by atoms with van der Waals surface area (Å²) in [4.78, 5) is 11.7. The molecule has 4 heteroatoms. The first-order valence-corrected chi connectivity index (χ1v) is 9.45. The average Bonchev–Trinajstić information content (AvgIpc) is 2.67. The summed E-state index contributed by atoms with van der Waals surface area (Å²) in [6.45, 7) is 1.85. The molecule has 1 amide bonds. The molecular weight excluding hydrogens is 330 g/mol. The van der Waals surface area contributed by atoms with Crippen LogP contribution in [0.15, 0.2) is 54.6 Å². The number of hydroxylamine groups is 1. The van der Waals surface area contributed by atoms with E-state index in [-0.39, 0.29) is 5.91 Å². The van der Waals surface area contributed by atoms with Crippen LogP contribution in [0.25, 0.3) is 0 Å². The Morgan fingerprint density at radius 2 is 1.68 bits per heavy atom. The predicted octanol–water partition coefficient (Wildman–Crippen LogP) is 4.04. The first-order chi connectivity index (χ1) is 12.1. The van der Waals surface area contributed by atoms with Gasteiger partial charge in [0.1, 0.15) is 0 Å². The van der Waals surface area contributed by atoms with Crippen molar-refractivity contribution in [3.63, 3.8) is 0 Å². The molecule has 0 aliphatic heterocycles. The van der Waals surface area contributed by atoms with Crippen LogP contribution >= 0.6 is 11.8 Å². The summed E-state index contributed by atoms with van der Waals surface area (Å²) in [5.74, 6) is 5.97. The Morgan fingerprint density at radius 3 is 2.24 bits per heavy atom. The van der Waals surface area contributed by atoms with E-state index in [4.69, 9.17) is 5.21 Å². The summed E-state index contributed by atoms with van der Waals surface area (Å²) in [6, 6.07) is 18.1. The largest absolute Gasteiger partial charge is 0.289 e. The van der Waals surface area contributed by atoms with Crippen LogP contribution in [0.3, 0.4) is 0 Å². The monoisotopic (exact) mass is 353 g/mol. The highest BCUT2D eigenvalue weighted by Crippen LogP contribution is 2.28. The number of thioether (sulfide) groups is 1. The van der Waals surface area contributed by atoms with Crippen molar-refractivity contribution in [2.75, 3.05) is 6.26 Å². The van der Waals surface area contributed by atoms with Crippen molar-refractivity contribution in [2.45, 2.75) is 30.9 Å². The Hall–Kier alpha value is -2.22. The van der Waals surface area contributed by atoms with Gasteiger partial charge in [-0.3, -0.25) is 10.0 Å². The highest BCUT2D eigenvalue weighted by molar-refractivity contribution is 8.00. The van der Waals surface area contributed by atoms with E-state index in [2.05, 4.69) is 24.0 Å². The van der Waals surface area contributed by atoms with Crippen LogP contribution < -0.4 is 5.48 Å². The van der Waals surface area contributed by atoms with E-state index in [0.717, 1.165) is 24.0 Å². The minimum atomic E-state index is -0.601. The van der Waals surface area contributed by atoms with Crippen molar-refractivity contribution in [1.29, 1.82) is 0 Å². The summed E-state index contributed by atoms with van der Waals surface area (Å²) < 4.78 is -0.601. The Balaban J connectivity index is 1.91. The zero-order valence-corrected chi connectivity index (χ0v) is 15.4. The van der Waals surface area contributed by atoms with E-state index in [1.54, 1.807) is 5.48 Å². The van der Waals surface area contributed by atoms with Crippen LogP contribution in [0, 0.1) is 11.8 Å². The maximum Gasteiger partial charge on any atom is 0.259 e. The summed E-state index contributed by atoms with van der Waals surface area (Å²) in [7, 11) is 0. The molecule has 2 aromatic rings. The van der Waals surface area contributed by atoms with Crippen molar-refractivity contribution in [3.05, 3.63) is 71.3 Å². The highest BCUT2D eigenvalue weighted by Gasteiger charge is 2.31. The van der Waals surface area contributed by atoms with E-state index in [1.807, 2.05) is 55.6 Å². The number of aryl methyl sites for hydroxylation is 1. The Bertz CT molecular complexity index is 747. The molecule has 0 aliphatic carbocycles. The van der Waals surface area contributed by atoms with Gasteiger partial charge in [0.2, 0.25) is 0 Å². The third kappa shape index (κ3) is 5.67. The first-order valence-electron chi connectivity index (χ1n) is 8.23. The van der Waals surface area contributed by atoms with Gasteiger partial charge in [-0.25, -0.2) is 5.48 Å². The summed E-state index contributed by atoms with van der Waals surface area (Å²) in [6.07, 6.45) is 4.35. The molecule has 1 atom stereocenters. The Morgan fingerprint density at radius 1 is 1.08 bits per heavy atom. The zero-order chi connectivity index (χ0) is 18.1. The van der Waals surface area contributed by atoms with Crippen LogP contribution in [0.5, 0.6) is 0 Å². The lowest BCUT2D eigenvalue weighted by Gasteiger charge is -2.24. The molecule has 0 heterocycles.